The van der Waals surface area contributed by atoms with Crippen LogP contribution in [0.5, 0.6) is 0 Å². The van der Waals surface area contributed by atoms with E-state index >= 15 is 0 Å². The third-order valence-electron chi connectivity index (χ3n) is 4.15. The second kappa shape index (κ2) is 11.7. The summed E-state index contributed by atoms with van der Waals surface area (Å²) in [5.41, 5.74) is 1.08. The van der Waals surface area contributed by atoms with Gasteiger partial charge in [0.05, 0.1) is 22.9 Å². The summed E-state index contributed by atoms with van der Waals surface area (Å²) in [5.74, 6) is 0.995. The zero-order valence-corrected chi connectivity index (χ0v) is 20.6. The van der Waals surface area contributed by atoms with Crippen molar-refractivity contribution in [2.75, 3.05) is 12.8 Å². The number of thiazole rings is 1. The van der Waals surface area contributed by atoms with Crippen LogP contribution in [0, 0.1) is 0 Å². The van der Waals surface area contributed by atoms with E-state index in [1.54, 1.807) is 42.6 Å². The van der Waals surface area contributed by atoms with Crippen molar-refractivity contribution in [3.05, 3.63) is 46.4 Å². The number of hydrogen-bond donors (Lipinski definition) is 2. The summed E-state index contributed by atoms with van der Waals surface area (Å²) in [5, 5.41) is 9.48. The van der Waals surface area contributed by atoms with Crippen LogP contribution >= 0.6 is 35.3 Å². The third-order valence-corrected chi connectivity index (χ3v) is 6.85. The zero-order valence-electron chi connectivity index (χ0n) is 16.7. The summed E-state index contributed by atoms with van der Waals surface area (Å²) in [4.78, 5) is 9.15. The molecular weight excluding hydrogens is 507 g/mol. The highest BCUT2D eigenvalue weighted by molar-refractivity contribution is 14.0. The normalized spacial score (nSPS) is 13.1. The molecule has 2 rings (SSSR count). The van der Waals surface area contributed by atoms with Crippen molar-refractivity contribution in [3.63, 3.8) is 0 Å². The Morgan fingerprint density at radius 2 is 1.93 bits per heavy atom. The molecule has 1 aromatic heterocycles. The lowest BCUT2D eigenvalue weighted by Gasteiger charge is -2.20. The highest BCUT2D eigenvalue weighted by Gasteiger charge is 2.21. The maximum atomic E-state index is 12.6. The van der Waals surface area contributed by atoms with E-state index in [0.717, 1.165) is 10.7 Å². The molecule has 0 spiro atoms. The minimum absolute atomic E-state index is 0. The van der Waals surface area contributed by atoms with Crippen LogP contribution in [0.25, 0.3) is 0 Å². The predicted molar refractivity (Wildman–Crippen MR) is 128 cm³/mol. The van der Waals surface area contributed by atoms with E-state index < -0.39 is 9.84 Å². The fourth-order valence-corrected chi connectivity index (χ4v) is 4.98. The first-order chi connectivity index (χ1) is 12.9. The molecule has 156 valence electrons. The Kier molecular flexibility index (Phi) is 10.4. The highest BCUT2D eigenvalue weighted by atomic mass is 127. The number of aromatic nitrogens is 1. The van der Waals surface area contributed by atoms with Gasteiger partial charge in [0, 0.05) is 18.5 Å². The van der Waals surface area contributed by atoms with Crippen molar-refractivity contribution in [2.24, 2.45) is 4.99 Å². The van der Waals surface area contributed by atoms with Gasteiger partial charge in [0.1, 0.15) is 5.01 Å². The Morgan fingerprint density at radius 1 is 1.25 bits per heavy atom. The summed E-state index contributed by atoms with van der Waals surface area (Å²) in [7, 11) is -1.68. The van der Waals surface area contributed by atoms with Gasteiger partial charge >= 0.3 is 0 Å². The summed E-state index contributed by atoms with van der Waals surface area (Å²) in [6, 6.07) is 8.31. The van der Waals surface area contributed by atoms with Crippen LogP contribution < -0.4 is 10.6 Å². The van der Waals surface area contributed by atoms with Gasteiger partial charge < -0.3 is 10.6 Å². The van der Waals surface area contributed by atoms with Crippen molar-refractivity contribution in [3.8, 4) is 0 Å². The predicted octanol–water partition coefficient (Wildman–Crippen LogP) is 3.80. The molecule has 1 aromatic carbocycles. The van der Waals surface area contributed by atoms with Gasteiger partial charge in [-0.3, -0.25) is 4.99 Å². The quantitative estimate of drug-likeness (QED) is 0.305. The number of rotatable bonds is 8. The summed E-state index contributed by atoms with van der Waals surface area (Å²) in [6.07, 6.45) is 0.668. The monoisotopic (exact) mass is 536 g/mol. The lowest BCUT2D eigenvalue weighted by molar-refractivity contribution is 0.568. The summed E-state index contributed by atoms with van der Waals surface area (Å²) < 4.78 is 25.2. The number of halogens is 1. The average Bonchev–Trinajstić information content (AvgIpc) is 3.14. The Balaban J connectivity index is 0.00000392. The molecule has 0 aliphatic carbocycles. The number of guanidine groups is 1. The van der Waals surface area contributed by atoms with Crippen LogP contribution in [0.15, 0.2) is 45.6 Å². The SMILES string of the molecule is CCC(CS(=O)(=O)c1ccccc1)NC(=NC)NCc1nc(C(C)C)cs1.I. The Hall–Kier alpha value is -1.20. The highest BCUT2D eigenvalue weighted by Crippen LogP contribution is 2.17. The number of benzene rings is 1. The molecule has 0 bridgehead atoms. The van der Waals surface area contributed by atoms with Crippen molar-refractivity contribution < 1.29 is 8.42 Å². The number of hydrogen-bond acceptors (Lipinski definition) is 5. The second-order valence-electron chi connectivity index (χ2n) is 6.59. The first-order valence-corrected chi connectivity index (χ1v) is 11.6. The summed E-state index contributed by atoms with van der Waals surface area (Å²) >= 11 is 1.61. The zero-order chi connectivity index (χ0) is 19.9. The van der Waals surface area contributed by atoms with E-state index in [1.807, 2.05) is 13.0 Å². The fraction of sp³-hybridized carbons (Fsp3) is 0.474. The Labute approximate surface area is 189 Å². The van der Waals surface area contributed by atoms with Crippen molar-refractivity contribution >= 4 is 51.1 Å². The average molecular weight is 537 g/mol. The molecular formula is C19H29IN4O2S2. The van der Waals surface area contributed by atoms with Gasteiger partial charge in [0.15, 0.2) is 15.8 Å². The van der Waals surface area contributed by atoms with E-state index in [1.165, 1.54) is 0 Å². The molecule has 1 atom stereocenters. The van der Waals surface area contributed by atoms with Crippen LogP contribution in [0.3, 0.4) is 0 Å². The summed E-state index contributed by atoms with van der Waals surface area (Å²) in [6.45, 7) is 6.75. The van der Waals surface area contributed by atoms with Gasteiger partial charge in [0.2, 0.25) is 0 Å². The minimum atomic E-state index is -3.35. The molecule has 2 aromatic rings. The van der Waals surface area contributed by atoms with Crippen LogP contribution in [-0.4, -0.2) is 38.2 Å². The van der Waals surface area contributed by atoms with Crippen LogP contribution in [-0.2, 0) is 16.4 Å². The first-order valence-electron chi connectivity index (χ1n) is 9.05. The second-order valence-corrected chi connectivity index (χ2v) is 9.57. The molecule has 0 aliphatic heterocycles. The minimum Gasteiger partial charge on any atom is -0.353 e. The Bertz CT molecular complexity index is 852. The molecule has 0 aliphatic rings. The first kappa shape index (κ1) is 24.8. The van der Waals surface area contributed by atoms with Gasteiger partial charge in [-0.05, 0) is 24.5 Å². The van der Waals surface area contributed by atoms with Crippen molar-refractivity contribution in [1.29, 1.82) is 0 Å². The maximum Gasteiger partial charge on any atom is 0.191 e. The number of aliphatic imine (C=N–C) groups is 1. The number of nitrogens with one attached hydrogen (secondary N) is 2. The van der Waals surface area contributed by atoms with Crippen LogP contribution in [0.2, 0.25) is 0 Å². The molecule has 0 saturated heterocycles. The van der Waals surface area contributed by atoms with Gasteiger partial charge in [-0.15, -0.1) is 35.3 Å². The third kappa shape index (κ3) is 7.32. The van der Waals surface area contributed by atoms with E-state index in [2.05, 4.69) is 39.8 Å². The topological polar surface area (TPSA) is 83.5 Å². The molecule has 0 radical (unpaired) electrons. The van der Waals surface area contributed by atoms with E-state index in [-0.39, 0.29) is 35.8 Å². The van der Waals surface area contributed by atoms with Crippen molar-refractivity contribution in [2.45, 2.75) is 50.6 Å². The molecule has 2 N–H and O–H groups in total. The van der Waals surface area contributed by atoms with Gasteiger partial charge in [0.25, 0.3) is 0 Å². The maximum absolute atomic E-state index is 12.6. The molecule has 0 fully saturated rings. The molecule has 1 unspecified atom stereocenters. The molecule has 28 heavy (non-hydrogen) atoms. The number of sulfone groups is 1. The molecule has 0 saturated carbocycles. The molecule has 0 amide bonds. The lowest BCUT2D eigenvalue weighted by atomic mass is 10.2. The van der Waals surface area contributed by atoms with Gasteiger partial charge in [-0.25, -0.2) is 13.4 Å². The Morgan fingerprint density at radius 3 is 2.46 bits per heavy atom. The van der Waals surface area contributed by atoms with Crippen LogP contribution in [0.1, 0.15) is 43.8 Å². The fourth-order valence-electron chi connectivity index (χ4n) is 2.47. The number of nitrogens with zero attached hydrogens (tertiary/aromatic N) is 2. The largest absolute Gasteiger partial charge is 0.353 e. The van der Waals surface area contributed by atoms with Gasteiger partial charge in [-0.1, -0.05) is 39.0 Å². The lowest BCUT2D eigenvalue weighted by Crippen LogP contribution is -2.45. The standard InChI is InChI=1S/C19H28N4O2S2.HI/c1-5-15(13-27(24,25)16-9-7-6-8-10-16)22-19(20-4)21-11-18-23-17(12-26-18)14(2)3;/h6-10,12,14-15H,5,11,13H2,1-4H3,(H2,20,21,22);1H. The molecule has 9 heteroatoms. The molecule has 6 nitrogen and oxygen atoms in total. The van der Waals surface area contributed by atoms with E-state index in [9.17, 15) is 8.42 Å². The van der Waals surface area contributed by atoms with E-state index in [4.69, 9.17) is 0 Å². The smallest absolute Gasteiger partial charge is 0.191 e. The van der Waals surface area contributed by atoms with Crippen LogP contribution in [0.4, 0.5) is 0 Å². The van der Waals surface area contributed by atoms with Gasteiger partial charge in [-0.2, -0.15) is 0 Å². The van der Waals surface area contributed by atoms with Crippen molar-refractivity contribution in [1.82, 2.24) is 15.6 Å². The van der Waals surface area contributed by atoms with E-state index in [0.29, 0.717) is 29.7 Å². The molecule has 1 heterocycles.